The van der Waals surface area contributed by atoms with E-state index in [1.165, 1.54) is 6.42 Å². The first-order valence-corrected chi connectivity index (χ1v) is 13.5. The second-order valence-corrected chi connectivity index (χ2v) is 11.9. The van der Waals surface area contributed by atoms with Gasteiger partial charge < -0.3 is 19.5 Å². The summed E-state index contributed by atoms with van der Waals surface area (Å²) in [5, 5.41) is 11.3. The van der Waals surface area contributed by atoms with Crippen LogP contribution < -0.4 is 5.32 Å². The number of rotatable bonds is 9. The molecular formula is C27H33BrN4O5. The summed E-state index contributed by atoms with van der Waals surface area (Å²) in [4.78, 5) is 25.1. The van der Waals surface area contributed by atoms with Crippen molar-refractivity contribution in [1.29, 1.82) is 0 Å². The van der Waals surface area contributed by atoms with Gasteiger partial charge in [-0.05, 0) is 64.4 Å². The first kappa shape index (κ1) is 25.9. The molecule has 1 aliphatic heterocycles. The highest BCUT2D eigenvalue weighted by Gasteiger charge is 2.62. The number of carbonyl (C=O) groups is 2. The minimum atomic E-state index is -0.896. The van der Waals surface area contributed by atoms with Gasteiger partial charge in [-0.25, -0.2) is 14.3 Å². The summed E-state index contributed by atoms with van der Waals surface area (Å²) in [6, 6.07) is 9.17. The van der Waals surface area contributed by atoms with Crippen LogP contribution in [0.25, 0.3) is 0 Å². The highest BCUT2D eigenvalue weighted by atomic mass is 79.9. The summed E-state index contributed by atoms with van der Waals surface area (Å²) in [5.41, 5.74) is 2.22. The Balaban J connectivity index is 1.17. The number of aromatic nitrogens is 3. The Kier molecular flexibility index (Phi) is 6.91. The molecule has 10 heteroatoms. The number of halogens is 1. The minimum Gasteiger partial charge on any atom is -0.458 e. The summed E-state index contributed by atoms with van der Waals surface area (Å²) >= 11 is 3.31. The van der Waals surface area contributed by atoms with E-state index < -0.39 is 24.3 Å². The van der Waals surface area contributed by atoms with E-state index in [2.05, 4.69) is 52.3 Å². The lowest BCUT2D eigenvalue weighted by Crippen LogP contribution is -2.43. The summed E-state index contributed by atoms with van der Waals surface area (Å²) in [6.07, 6.45) is 4.04. The Morgan fingerprint density at radius 2 is 2.05 bits per heavy atom. The SMILES string of the molecule is C[C@H](NC1=C(Br)C(=O)O[C@@H]1O[C@@H]1C[C@@H]2CC[C@@]1(C)C2(C)C)C(=O)OCc1cn(Cc2ccccc2)nn1. The molecule has 198 valence electrons. The highest BCUT2D eigenvalue weighted by molar-refractivity contribution is 9.12. The van der Waals surface area contributed by atoms with Crippen molar-refractivity contribution in [2.75, 3.05) is 0 Å². The van der Waals surface area contributed by atoms with E-state index in [9.17, 15) is 9.59 Å². The number of hydrogen-bond donors (Lipinski definition) is 1. The maximum absolute atomic E-state index is 12.7. The van der Waals surface area contributed by atoms with Gasteiger partial charge in [0.2, 0.25) is 6.29 Å². The Morgan fingerprint density at radius 1 is 1.30 bits per heavy atom. The van der Waals surface area contributed by atoms with Crippen molar-refractivity contribution < 1.29 is 23.8 Å². The maximum Gasteiger partial charge on any atom is 0.349 e. The van der Waals surface area contributed by atoms with Gasteiger partial charge in [0, 0.05) is 0 Å². The number of carbonyl (C=O) groups excluding carboxylic acids is 2. The third-order valence-electron chi connectivity index (χ3n) is 8.73. The standard InChI is InChI=1S/C27H33BrN4O5/c1-16(23(33)35-15-19-14-32(31-30-19)13-17-8-6-5-7-9-17)29-22-21(28)24(34)37-25(22)36-20-12-18-10-11-27(20,4)26(18,2)3/h5-9,14,16,18,20,25,29H,10-13,15H2,1-4H3/t16-,18-,20+,25-,27+/m0/s1. The fourth-order valence-corrected chi connectivity index (χ4v) is 6.34. The molecule has 0 unspecified atom stereocenters. The molecule has 37 heavy (non-hydrogen) atoms. The van der Waals surface area contributed by atoms with Crippen LogP contribution in [0.15, 0.2) is 46.7 Å². The third kappa shape index (κ3) is 4.81. The van der Waals surface area contributed by atoms with Crippen LogP contribution in [0, 0.1) is 16.7 Å². The molecule has 2 heterocycles. The molecule has 0 saturated heterocycles. The maximum atomic E-state index is 12.7. The lowest BCUT2D eigenvalue weighted by Gasteiger charge is -2.39. The number of cyclic esters (lactones) is 1. The van der Waals surface area contributed by atoms with E-state index in [1.807, 2.05) is 30.3 Å². The molecule has 1 aromatic heterocycles. The Hall–Kier alpha value is -2.72. The summed E-state index contributed by atoms with van der Waals surface area (Å²) in [7, 11) is 0. The van der Waals surface area contributed by atoms with Crippen LogP contribution in [0.2, 0.25) is 0 Å². The molecular weight excluding hydrogens is 540 g/mol. The summed E-state index contributed by atoms with van der Waals surface area (Å²) in [5.74, 6) is -0.421. The van der Waals surface area contributed by atoms with Crippen LogP contribution in [0.4, 0.5) is 0 Å². The number of esters is 2. The fraction of sp³-hybridized carbons (Fsp3) is 0.556. The van der Waals surface area contributed by atoms with Crippen molar-refractivity contribution in [3.8, 4) is 0 Å². The zero-order chi connectivity index (χ0) is 26.4. The van der Waals surface area contributed by atoms with Crippen LogP contribution in [0.1, 0.15) is 58.2 Å². The smallest absolute Gasteiger partial charge is 0.349 e. The van der Waals surface area contributed by atoms with E-state index >= 15 is 0 Å². The molecule has 3 aliphatic rings. The van der Waals surface area contributed by atoms with E-state index in [-0.39, 0.29) is 28.0 Å². The van der Waals surface area contributed by atoms with Gasteiger partial charge in [0.05, 0.1) is 18.8 Å². The van der Waals surface area contributed by atoms with Crippen molar-refractivity contribution in [2.24, 2.45) is 16.7 Å². The number of ether oxygens (including phenoxy) is 3. The number of benzene rings is 1. The monoisotopic (exact) mass is 572 g/mol. The highest BCUT2D eigenvalue weighted by Crippen LogP contribution is 2.66. The Bertz CT molecular complexity index is 1210. The molecule has 2 bridgehead atoms. The lowest BCUT2D eigenvalue weighted by atomic mass is 9.70. The second kappa shape index (κ2) is 9.87. The number of fused-ring (bicyclic) bond motifs is 2. The van der Waals surface area contributed by atoms with Gasteiger partial charge in [-0.3, -0.25) is 0 Å². The first-order chi connectivity index (χ1) is 17.6. The molecule has 2 fully saturated rings. The number of hydrogen-bond acceptors (Lipinski definition) is 8. The van der Waals surface area contributed by atoms with E-state index in [4.69, 9.17) is 14.2 Å². The van der Waals surface area contributed by atoms with E-state index in [1.54, 1.807) is 17.8 Å². The zero-order valence-corrected chi connectivity index (χ0v) is 23.2. The Labute approximate surface area is 225 Å². The van der Waals surface area contributed by atoms with Crippen molar-refractivity contribution >= 4 is 27.9 Å². The first-order valence-electron chi connectivity index (χ1n) is 12.7. The normalized spacial score (nSPS) is 28.9. The van der Waals surface area contributed by atoms with Crippen LogP contribution in [-0.4, -0.2) is 45.4 Å². The van der Waals surface area contributed by atoms with Gasteiger partial charge in [-0.15, -0.1) is 5.10 Å². The van der Waals surface area contributed by atoms with Crippen molar-refractivity contribution in [3.63, 3.8) is 0 Å². The summed E-state index contributed by atoms with van der Waals surface area (Å²) < 4.78 is 19.3. The topological polar surface area (TPSA) is 105 Å². The van der Waals surface area contributed by atoms with Crippen LogP contribution in [0.3, 0.4) is 0 Å². The predicted octanol–water partition coefficient (Wildman–Crippen LogP) is 4.07. The van der Waals surface area contributed by atoms with Gasteiger partial charge in [-0.1, -0.05) is 56.3 Å². The molecule has 9 nitrogen and oxygen atoms in total. The number of nitrogens with zero attached hydrogens (tertiary/aromatic N) is 3. The third-order valence-corrected chi connectivity index (χ3v) is 9.48. The molecule has 5 atom stereocenters. The minimum absolute atomic E-state index is 0.00670. The fourth-order valence-electron chi connectivity index (χ4n) is 5.95. The average Bonchev–Trinajstić information content (AvgIpc) is 3.54. The van der Waals surface area contributed by atoms with Crippen molar-refractivity contribution in [3.05, 3.63) is 58.0 Å². The van der Waals surface area contributed by atoms with Crippen molar-refractivity contribution in [2.45, 2.75) is 78.5 Å². The van der Waals surface area contributed by atoms with E-state index in [0.717, 1.165) is 18.4 Å². The van der Waals surface area contributed by atoms with Gasteiger partial charge in [0.15, 0.2) is 0 Å². The van der Waals surface area contributed by atoms with Crippen LogP contribution in [-0.2, 0) is 37.0 Å². The molecule has 0 amide bonds. The largest absolute Gasteiger partial charge is 0.458 e. The van der Waals surface area contributed by atoms with E-state index in [0.29, 0.717) is 23.9 Å². The molecule has 5 rings (SSSR count). The Morgan fingerprint density at radius 3 is 2.73 bits per heavy atom. The van der Waals surface area contributed by atoms with Crippen molar-refractivity contribution in [1.82, 2.24) is 20.3 Å². The lowest BCUT2D eigenvalue weighted by molar-refractivity contribution is -0.184. The van der Waals surface area contributed by atoms with Gasteiger partial charge in [-0.2, -0.15) is 0 Å². The number of nitrogens with one attached hydrogen (secondary N) is 1. The molecule has 2 aromatic rings. The predicted molar refractivity (Wildman–Crippen MR) is 138 cm³/mol. The summed E-state index contributed by atoms with van der Waals surface area (Å²) in [6.45, 7) is 9.12. The molecule has 0 radical (unpaired) electrons. The quantitative estimate of drug-likeness (QED) is 0.448. The average molecular weight is 573 g/mol. The van der Waals surface area contributed by atoms with Gasteiger partial charge in [0.25, 0.3) is 0 Å². The van der Waals surface area contributed by atoms with Gasteiger partial charge >= 0.3 is 11.9 Å². The van der Waals surface area contributed by atoms with Crippen LogP contribution in [0.5, 0.6) is 0 Å². The second-order valence-electron chi connectivity index (χ2n) is 11.1. The molecule has 0 spiro atoms. The molecule has 2 aliphatic carbocycles. The zero-order valence-electron chi connectivity index (χ0n) is 21.6. The molecule has 1 aromatic carbocycles. The molecule has 1 N–H and O–H groups in total. The molecule has 2 saturated carbocycles. The van der Waals surface area contributed by atoms with Crippen LogP contribution >= 0.6 is 15.9 Å². The van der Waals surface area contributed by atoms with Gasteiger partial charge in [0.1, 0.15) is 28.5 Å².